The summed E-state index contributed by atoms with van der Waals surface area (Å²) in [5, 5.41) is 15.4. The zero-order chi connectivity index (χ0) is 17.9. The first kappa shape index (κ1) is 17.4. The fraction of sp³-hybridized carbons (Fsp3) is 0.500. The van der Waals surface area contributed by atoms with E-state index in [-0.39, 0.29) is 18.2 Å². The van der Waals surface area contributed by atoms with Crippen LogP contribution in [0.3, 0.4) is 0 Å². The predicted octanol–water partition coefficient (Wildman–Crippen LogP) is 0.571. The van der Waals surface area contributed by atoms with Gasteiger partial charge < -0.3 is 15.3 Å². The number of benzene rings is 1. The lowest BCUT2D eigenvalue weighted by atomic mass is 9.85. The van der Waals surface area contributed by atoms with Gasteiger partial charge in [0.15, 0.2) is 0 Å². The topological polar surface area (TPSA) is 98.7 Å². The Labute approximate surface area is 146 Å². The second-order valence-corrected chi connectivity index (χ2v) is 6.82. The Kier molecular flexibility index (Phi) is 5.03. The van der Waals surface area contributed by atoms with E-state index in [0.29, 0.717) is 38.8 Å². The Hall–Kier alpha value is -2.41. The van der Waals surface area contributed by atoms with Crippen molar-refractivity contribution < 1.29 is 19.5 Å². The molecule has 2 aliphatic rings. The maximum atomic E-state index is 12.3. The summed E-state index contributed by atoms with van der Waals surface area (Å²) in [7, 11) is 0. The van der Waals surface area contributed by atoms with Gasteiger partial charge in [0.05, 0.1) is 5.60 Å². The molecular weight excluding hydrogens is 322 g/mol. The van der Waals surface area contributed by atoms with Gasteiger partial charge in [-0.1, -0.05) is 30.3 Å². The predicted molar refractivity (Wildman–Crippen MR) is 90.6 cm³/mol. The Morgan fingerprint density at radius 1 is 1.20 bits per heavy atom. The summed E-state index contributed by atoms with van der Waals surface area (Å²) in [6.45, 7) is 1.01. The van der Waals surface area contributed by atoms with Crippen LogP contribution in [0, 0.1) is 0 Å². The lowest BCUT2D eigenvalue weighted by Gasteiger charge is -2.38. The number of carbonyl (C=O) groups is 3. The summed E-state index contributed by atoms with van der Waals surface area (Å²) in [5.41, 5.74) is 0.310. The lowest BCUT2D eigenvalue weighted by molar-refractivity contribution is -0.135. The minimum atomic E-state index is -0.780. The molecule has 3 N–H and O–H groups in total. The monoisotopic (exact) mass is 345 g/mol. The van der Waals surface area contributed by atoms with Crippen LogP contribution in [0.2, 0.25) is 0 Å². The van der Waals surface area contributed by atoms with E-state index in [9.17, 15) is 19.5 Å². The summed E-state index contributed by atoms with van der Waals surface area (Å²) in [6, 6.07) is 8.71. The van der Waals surface area contributed by atoms with E-state index in [1.807, 2.05) is 30.3 Å². The molecule has 0 spiro atoms. The maximum absolute atomic E-state index is 12.3. The van der Waals surface area contributed by atoms with Crippen molar-refractivity contribution in [1.29, 1.82) is 0 Å². The summed E-state index contributed by atoms with van der Waals surface area (Å²) in [5.74, 6) is -0.426. The van der Waals surface area contributed by atoms with E-state index in [0.717, 1.165) is 5.56 Å². The fourth-order valence-electron chi connectivity index (χ4n) is 3.41. The number of rotatable bonds is 5. The molecule has 25 heavy (non-hydrogen) atoms. The van der Waals surface area contributed by atoms with Crippen molar-refractivity contribution in [1.82, 2.24) is 15.5 Å². The number of imide groups is 1. The molecule has 3 rings (SSSR count). The Morgan fingerprint density at radius 2 is 1.88 bits per heavy atom. The number of nitrogens with zero attached hydrogens (tertiary/aromatic N) is 1. The fourth-order valence-corrected chi connectivity index (χ4v) is 3.41. The lowest BCUT2D eigenvalue weighted by Crippen LogP contribution is -2.48. The molecule has 1 aromatic rings. The van der Waals surface area contributed by atoms with Gasteiger partial charge in [0.25, 0.3) is 5.91 Å². The van der Waals surface area contributed by atoms with E-state index in [4.69, 9.17) is 0 Å². The number of carbonyl (C=O) groups excluding carboxylic acids is 3. The number of piperidine rings is 1. The second kappa shape index (κ2) is 7.23. The van der Waals surface area contributed by atoms with Crippen LogP contribution in [-0.4, -0.2) is 52.6 Å². The largest absolute Gasteiger partial charge is 0.389 e. The van der Waals surface area contributed by atoms with Crippen LogP contribution in [0.4, 0.5) is 4.79 Å². The van der Waals surface area contributed by atoms with Crippen molar-refractivity contribution in [2.45, 2.75) is 43.7 Å². The van der Waals surface area contributed by atoms with Gasteiger partial charge in [0.2, 0.25) is 5.91 Å². The third-order valence-corrected chi connectivity index (χ3v) is 4.93. The van der Waals surface area contributed by atoms with Crippen LogP contribution in [0.25, 0.3) is 0 Å². The van der Waals surface area contributed by atoms with Gasteiger partial charge in [-0.25, -0.2) is 4.79 Å². The van der Waals surface area contributed by atoms with Crippen molar-refractivity contribution in [2.75, 3.05) is 13.1 Å². The Morgan fingerprint density at radius 3 is 2.48 bits per heavy atom. The number of nitrogens with one attached hydrogen (secondary N) is 2. The van der Waals surface area contributed by atoms with Gasteiger partial charge in [-0.3, -0.25) is 14.9 Å². The molecule has 0 saturated carbocycles. The zero-order valence-electron chi connectivity index (χ0n) is 14.0. The van der Waals surface area contributed by atoms with Gasteiger partial charge in [-0.15, -0.1) is 0 Å². The highest BCUT2D eigenvalue weighted by molar-refractivity contribution is 6.04. The standard InChI is InChI=1S/C18H23N3O4/c22-15(7-6-14-16(23)20-17(24)19-14)21-10-8-18(25,9-11-21)12-13-4-2-1-3-5-13/h1-5,14,25H,6-12H2,(H2,19,20,23,24). The van der Waals surface area contributed by atoms with Crippen molar-refractivity contribution in [3.05, 3.63) is 35.9 Å². The van der Waals surface area contributed by atoms with Gasteiger partial charge in [-0.2, -0.15) is 0 Å². The molecule has 0 radical (unpaired) electrons. The first-order valence-electron chi connectivity index (χ1n) is 8.61. The summed E-state index contributed by atoms with van der Waals surface area (Å²) in [6.07, 6.45) is 2.16. The maximum Gasteiger partial charge on any atom is 0.322 e. The highest BCUT2D eigenvalue weighted by Crippen LogP contribution is 2.27. The third-order valence-electron chi connectivity index (χ3n) is 4.93. The van der Waals surface area contributed by atoms with Crippen LogP contribution < -0.4 is 10.6 Å². The highest BCUT2D eigenvalue weighted by atomic mass is 16.3. The van der Waals surface area contributed by atoms with E-state index >= 15 is 0 Å². The van der Waals surface area contributed by atoms with Crippen LogP contribution in [0.1, 0.15) is 31.2 Å². The first-order valence-corrected chi connectivity index (χ1v) is 8.61. The van der Waals surface area contributed by atoms with Crippen molar-refractivity contribution in [3.63, 3.8) is 0 Å². The average Bonchev–Trinajstić information content (AvgIpc) is 2.91. The van der Waals surface area contributed by atoms with E-state index < -0.39 is 17.7 Å². The Balaban J connectivity index is 1.46. The van der Waals surface area contributed by atoms with Crippen molar-refractivity contribution in [3.8, 4) is 0 Å². The number of amides is 4. The van der Waals surface area contributed by atoms with Crippen LogP contribution in [0.15, 0.2) is 30.3 Å². The first-order chi connectivity index (χ1) is 12.0. The molecule has 2 heterocycles. The number of aliphatic hydroxyl groups is 1. The van der Waals surface area contributed by atoms with Gasteiger partial charge in [-0.05, 0) is 24.8 Å². The SMILES string of the molecule is O=C1NC(=O)C(CCC(=O)N2CCC(O)(Cc3ccccc3)CC2)N1. The van der Waals surface area contributed by atoms with Gasteiger partial charge in [0, 0.05) is 25.9 Å². The molecule has 0 bridgehead atoms. The summed E-state index contributed by atoms with van der Waals surface area (Å²) in [4.78, 5) is 36.6. The number of hydrogen-bond acceptors (Lipinski definition) is 4. The minimum Gasteiger partial charge on any atom is -0.389 e. The summed E-state index contributed by atoms with van der Waals surface area (Å²) >= 11 is 0. The molecule has 1 atom stereocenters. The van der Waals surface area contributed by atoms with E-state index in [2.05, 4.69) is 10.6 Å². The molecular formula is C18H23N3O4. The van der Waals surface area contributed by atoms with Crippen LogP contribution in [0.5, 0.6) is 0 Å². The van der Waals surface area contributed by atoms with Crippen LogP contribution >= 0.6 is 0 Å². The molecule has 1 aromatic carbocycles. The van der Waals surface area contributed by atoms with Gasteiger partial charge in [0.1, 0.15) is 6.04 Å². The van der Waals surface area contributed by atoms with Crippen molar-refractivity contribution in [2.24, 2.45) is 0 Å². The molecule has 4 amide bonds. The van der Waals surface area contributed by atoms with E-state index in [1.54, 1.807) is 4.90 Å². The molecule has 2 aliphatic heterocycles. The second-order valence-electron chi connectivity index (χ2n) is 6.82. The molecule has 2 saturated heterocycles. The third kappa shape index (κ3) is 4.36. The molecule has 7 nitrogen and oxygen atoms in total. The Bertz CT molecular complexity index is 654. The smallest absolute Gasteiger partial charge is 0.322 e. The molecule has 134 valence electrons. The number of hydrogen-bond donors (Lipinski definition) is 3. The summed E-state index contributed by atoms with van der Waals surface area (Å²) < 4.78 is 0. The number of likely N-dealkylation sites (tertiary alicyclic amines) is 1. The highest BCUT2D eigenvalue weighted by Gasteiger charge is 2.35. The van der Waals surface area contributed by atoms with Gasteiger partial charge >= 0.3 is 6.03 Å². The molecule has 2 fully saturated rings. The zero-order valence-corrected chi connectivity index (χ0v) is 14.0. The minimum absolute atomic E-state index is 0.0456. The van der Waals surface area contributed by atoms with E-state index in [1.165, 1.54) is 0 Å². The quantitative estimate of drug-likeness (QED) is 0.680. The van der Waals surface area contributed by atoms with Crippen LogP contribution in [-0.2, 0) is 16.0 Å². The average molecular weight is 345 g/mol. The normalized spacial score (nSPS) is 22.4. The molecule has 7 heteroatoms. The molecule has 0 aliphatic carbocycles. The molecule has 0 aromatic heterocycles. The molecule has 1 unspecified atom stereocenters. The van der Waals surface area contributed by atoms with Crippen molar-refractivity contribution >= 4 is 17.8 Å². The number of urea groups is 1.